The maximum absolute atomic E-state index is 12.7. The largest absolute Gasteiger partial charge is 1.00 e. The number of sulfonamides is 2. The second kappa shape index (κ2) is 38.5. The SMILES string of the molecule is C#CCCCC(C(=O)OC)C(=O)c1ccccc1.C=C1CCCC1(C(=O)OCC)C(=O)c1ccccc1.CC[C@@H]1CCCN1CCC(=O)[N-]S(=O)(=O)C(F)(F)F.O=C(CCN1CCC[C@H]1C[PH+](c1ccccc1)c1ccccc1)[N-]S(=O)(=O)C(F)(F)F.[Au+].[Au+]. The predicted molar refractivity (Wildman–Crippen MR) is 323 cm³/mol. The molecule has 1 saturated carbocycles. The molecule has 0 aromatic heterocycles. The zero-order chi connectivity index (χ0) is 64.4. The number of rotatable bonds is 23. The molecule has 4 aromatic carbocycles. The topological polar surface area (TPSA) is 224 Å². The van der Waals surface area contributed by atoms with E-state index in [1.807, 2.05) is 60.4 Å². The van der Waals surface area contributed by atoms with Crippen molar-refractivity contribution in [2.75, 3.05) is 46.1 Å². The first-order valence-corrected chi connectivity index (χ1v) is 32.9. The maximum Gasteiger partial charge on any atom is 1.00 e. The molecular formula is C62H74Au2F6N4O12PS2+. The number of methoxy groups -OCH3 is 1. The van der Waals surface area contributed by atoms with Gasteiger partial charge in [0.1, 0.15) is 5.92 Å². The van der Waals surface area contributed by atoms with Crippen molar-refractivity contribution in [3.63, 3.8) is 0 Å². The van der Waals surface area contributed by atoms with Crippen LogP contribution in [0.15, 0.2) is 133 Å². The fourth-order valence-corrected chi connectivity index (χ4v) is 14.2. The smallest absolute Gasteiger partial charge is 0.538 e. The van der Waals surface area contributed by atoms with Gasteiger partial charge in [-0.3, -0.25) is 24.1 Å². The second-order valence-electron chi connectivity index (χ2n) is 20.5. The molecule has 494 valence electrons. The average Bonchev–Trinajstić information content (AvgIpc) is 2.36. The van der Waals surface area contributed by atoms with E-state index in [1.54, 1.807) is 55.5 Å². The Morgan fingerprint density at radius 3 is 1.54 bits per heavy atom. The van der Waals surface area contributed by atoms with Crippen LogP contribution in [0.1, 0.15) is 118 Å². The molecule has 0 N–H and O–H groups in total. The molecule has 27 heteroatoms. The van der Waals surface area contributed by atoms with Gasteiger partial charge >= 0.3 is 67.7 Å². The van der Waals surface area contributed by atoms with Gasteiger partial charge in [0.15, 0.2) is 37.0 Å². The van der Waals surface area contributed by atoms with E-state index in [-0.39, 0.29) is 94.9 Å². The van der Waals surface area contributed by atoms with E-state index in [0.717, 1.165) is 57.8 Å². The van der Waals surface area contributed by atoms with Crippen LogP contribution >= 0.6 is 7.92 Å². The van der Waals surface area contributed by atoms with Gasteiger partial charge in [-0.15, -0.1) is 12.3 Å². The number of unbranched alkanes of at least 4 members (excludes halogenated alkanes) is 1. The number of Topliss-reactive ketones (excluding diaryl/α,β-unsaturated/α-hetero) is 2. The van der Waals surface area contributed by atoms with Crippen molar-refractivity contribution in [3.8, 4) is 12.3 Å². The molecule has 2 heterocycles. The maximum atomic E-state index is 12.7. The fourth-order valence-electron chi connectivity index (χ4n) is 10.3. The number of hydrogen-bond donors (Lipinski definition) is 0. The number of halogens is 6. The van der Waals surface area contributed by atoms with E-state index < -0.39 is 74.1 Å². The number of ether oxygens (including phenoxy) is 2. The number of carbonyl (C=O) groups excluding carboxylic acids is 6. The van der Waals surface area contributed by atoms with Crippen LogP contribution in [0, 0.1) is 23.7 Å². The van der Waals surface area contributed by atoms with Crippen LogP contribution in [0.25, 0.3) is 9.44 Å². The first-order valence-electron chi connectivity index (χ1n) is 28.3. The first kappa shape index (κ1) is 79.8. The Hall–Kier alpha value is -5.29. The Bertz CT molecular complexity index is 3150. The van der Waals surface area contributed by atoms with Gasteiger partial charge in [0.25, 0.3) is 0 Å². The average molecular weight is 1670 g/mol. The number of likely N-dealkylation sites (tertiary alicyclic amines) is 2. The van der Waals surface area contributed by atoms with Crippen LogP contribution in [0.3, 0.4) is 0 Å². The molecular weight excluding hydrogens is 1600 g/mol. The van der Waals surface area contributed by atoms with E-state index in [1.165, 1.54) is 17.7 Å². The summed E-state index contributed by atoms with van der Waals surface area (Å²) in [5.74, 6) is -2.12. The van der Waals surface area contributed by atoms with Gasteiger partial charge in [-0.2, -0.15) is 26.3 Å². The Morgan fingerprint density at radius 1 is 0.697 bits per heavy atom. The van der Waals surface area contributed by atoms with Crippen molar-refractivity contribution in [2.45, 2.75) is 120 Å². The molecule has 3 fully saturated rings. The minimum Gasteiger partial charge on any atom is -0.538 e. The quantitative estimate of drug-likeness (QED) is 0.00775. The van der Waals surface area contributed by atoms with Crippen molar-refractivity contribution in [1.29, 1.82) is 0 Å². The molecule has 3 aliphatic rings. The summed E-state index contributed by atoms with van der Waals surface area (Å²) < 4.78 is 131. The molecule has 89 heavy (non-hydrogen) atoms. The third kappa shape index (κ3) is 24.0. The van der Waals surface area contributed by atoms with Crippen molar-refractivity contribution < 1.29 is 126 Å². The first-order chi connectivity index (χ1) is 41.2. The number of nitrogens with zero attached hydrogens (tertiary/aromatic N) is 4. The minimum atomic E-state index is -5.79. The zero-order valence-electron chi connectivity index (χ0n) is 49.4. The molecule has 2 saturated heterocycles. The Kier molecular flexibility index (Phi) is 34.6. The predicted octanol–water partition coefficient (Wildman–Crippen LogP) is 11.1. The van der Waals surface area contributed by atoms with E-state index in [0.29, 0.717) is 54.8 Å². The number of benzene rings is 4. The van der Waals surface area contributed by atoms with Gasteiger partial charge < -0.3 is 33.4 Å². The summed E-state index contributed by atoms with van der Waals surface area (Å²) in [6.07, 6.45) is 13.7. The summed E-state index contributed by atoms with van der Waals surface area (Å²) in [5.41, 5.74) is -10.5. The zero-order valence-corrected chi connectivity index (χ0v) is 56.3. The molecule has 4 aromatic rings. The minimum absolute atomic E-state index is 0. The standard InChI is InChI=1S/C21H24F3N2O3PS.C16H18O3.C15H16O3.C10H17F3N2O3S.2Au/c22-21(23,24)31(28,29)25-20(27)13-15-26-14-7-8-17(26)16-30(18-9-3-1-4-10-18)19-11-5-2-6-12-19;1-3-19-15(18)16(11-7-8-12(16)2)14(17)13-9-5-4-6-10-13;1-3-4-6-11-13(15(17)18-2)14(16)12-9-7-5-8-10-12;1-2-8-4-3-6-15(8)7-5-9(16)14-19(17,18)10(11,12)13;;/h1-6,9-12,17H,7-8,13-16H2,(H,25,27);4-6,9-10H,2-3,7-8,11H2,1H3;1,5,7-10,13H,4,6,11H2,2H3;8H,2-7H2,1H3,(H,14,16);;/q;;;;2*+1/p-1/t17-;;;8-;;/m0..1../s1. The molecule has 2 amide bonds. The Morgan fingerprint density at radius 2 is 1.13 bits per heavy atom. The summed E-state index contributed by atoms with van der Waals surface area (Å²) in [6, 6.07) is 38.6. The number of terminal acetylenes is 1. The molecule has 1 aliphatic carbocycles. The van der Waals surface area contributed by atoms with Crippen LogP contribution in [0.2, 0.25) is 0 Å². The number of esters is 2. The van der Waals surface area contributed by atoms with Crippen molar-refractivity contribution in [1.82, 2.24) is 9.80 Å². The number of alkyl halides is 6. The molecule has 4 atom stereocenters. The molecule has 0 bridgehead atoms. The molecule has 0 radical (unpaired) electrons. The van der Waals surface area contributed by atoms with Gasteiger partial charge in [0.05, 0.1) is 50.2 Å². The monoisotopic (exact) mass is 1670 g/mol. The molecule has 7 rings (SSSR count). The number of amides is 2. The van der Waals surface area contributed by atoms with E-state index in [4.69, 9.17) is 11.2 Å². The van der Waals surface area contributed by atoms with Crippen LogP contribution in [0.4, 0.5) is 26.3 Å². The molecule has 0 spiro atoms. The Labute approximate surface area is 550 Å². The van der Waals surface area contributed by atoms with Crippen molar-refractivity contribution in [2.24, 2.45) is 11.3 Å². The van der Waals surface area contributed by atoms with E-state index in [9.17, 15) is 71.9 Å². The number of hydrogen-bond acceptors (Lipinski definition) is 14. The van der Waals surface area contributed by atoms with Gasteiger partial charge in [-0.05, 0) is 108 Å². The van der Waals surface area contributed by atoms with E-state index >= 15 is 0 Å². The molecule has 2 unspecified atom stereocenters. The summed E-state index contributed by atoms with van der Waals surface area (Å²) in [7, 11) is -11.3. The third-order valence-electron chi connectivity index (χ3n) is 14.8. The summed E-state index contributed by atoms with van der Waals surface area (Å²) in [5, 5.41) is 2.54. The van der Waals surface area contributed by atoms with Crippen LogP contribution in [-0.4, -0.2) is 131 Å². The van der Waals surface area contributed by atoms with Gasteiger partial charge in [0, 0.05) is 55.6 Å². The van der Waals surface area contributed by atoms with Crippen LogP contribution < -0.4 is 10.6 Å². The van der Waals surface area contributed by atoms with Crippen LogP contribution in [-0.2, 0) is 93.5 Å². The van der Waals surface area contributed by atoms with E-state index in [2.05, 4.69) is 55.8 Å². The third-order valence-corrected chi connectivity index (χ3v) is 19.8. The Balaban J connectivity index is 0.000000414. The number of carbonyl (C=O) groups is 6. The van der Waals surface area contributed by atoms with Gasteiger partial charge in [-0.1, -0.05) is 116 Å². The molecule has 16 nitrogen and oxygen atoms in total. The van der Waals surface area contributed by atoms with Crippen molar-refractivity contribution >= 4 is 73.9 Å². The van der Waals surface area contributed by atoms with Gasteiger partial charge in [0.2, 0.25) is 0 Å². The normalized spacial score (nSPS) is 17.8. The summed E-state index contributed by atoms with van der Waals surface area (Å²) in [4.78, 5) is 75.8. The second-order valence-corrected chi connectivity index (χ2v) is 26.2. The number of ketones is 2. The van der Waals surface area contributed by atoms with Crippen molar-refractivity contribution in [3.05, 3.63) is 154 Å². The summed E-state index contributed by atoms with van der Waals surface area (Å²) >= 11 is 0. The van der Waals surface area contributed by atoms with Crippen LogP contribution in [0.5, 0.6) is 0 Å². The van der Waals surface area contributed by atoms with Gasteiger partial charge in [-0.25, -0.2) is 16.8 Å². The fraction of sp³-hybridized carbons (Fsp3) is 0.452. The summed E-state index contributed by atoms with van der Waals surface area (Å²) in [6.45, 7) is 9.88. The molecule has 2 aliphatic heterocycles.